The summed E-state index contributed by atoms with van der Waals surface area (Å²) >= 11 is 0. The van der Waals surface area contributed by atoms with Crippen molar-refractivity contribution in [2.45, 2.75) is 13.3 Å². The molecule has 1 aliphatic heterocycles. The van der Waals surface area contributed by atoms with Crippen LogP contribution in [-0.4, -0.2) is 34.4 Å². The molecular weight excluding hydrogens is 284 g/mol. The summed E-state index contributed by atoms with van der Waals surface area (Å²) < 4.78 is 12.5. The van der Waals surface area contributed by atoms with Gasteiger partial charge in [-0.15, -0.1) is 5.10 Å². The Labute approximate surface area is 128 Å². The van der Waals surface area contributed by atoms with Crippen molar-refractivity contribution in [3.8, 4) is 11.5 Å². The van der Waals surface area contributed by atoms with Crippen LogP contribution in [0.25, 0.3) is 0 Å². The van der Waals surface area contributed by atoms with Crippen LogP contribution in [0.2, 0.25) is 0 Å². The lowest BCUT2D eigenvalue weighted by Gasteiger charge is -2.24. The molecule has 22 heavy (non-hydrogen) atoms. The van der Waals surface area contributed by atoms with Crippen LogP contribution in [0.3, 0.4) is 0 Å². The highest BCUT2D eigenvalue weighted by atomic mass is 16.5. The van der Waals surface area contributed by atoms with Crippen molar-refractivity contribution in [1.82, 2.24) is 14.8 Å². The van der Waals surface area contributed by atoms with E-state index in [1.54, 1.807) is 18.8 Å². The third kappa shape index (κ3) is 2.74. The summed E-state index contributed by atoms with van der Waals surface area (Å²) in [4.78, 5) is 16.5. The van der Waals surface area contributed by atoms with Gasteiger partial charge in [-0.3, -0.25) is 14.8 Å². The van der Waals surface area contributed by atoms with Gasteiger partial charge in [0.05, 0.1) is 13.0 Å². The number of hydrogen-bond acceptors (Lipinski definition) is 5. The predicted octanol–water partition coefficient (Wildman–Crippen LogP) is 1.32. The molecule has 1 aromatic heterocycles. The van der Waals surface area contributed by atoms with Crippen molar-refractivity contribution in [1.29, 1.82) is 0 Å². The molecule has 7 heteroatoms. The van der Waals surface area contributed by atoms with Crippen molar-refractivity contribution >= 4 is 11.9 Å². The van der Waals surface area contributed by atoms with E-state index < -0.39 is 0 Å². The molecule has 3 rings (SSSR count). The summed E-state index contributed by atoms with van der Waals surface area (Å²) in [7, 11) is 3.40. The van der Waals surface area contributed by atoms with Crippen LogP contribution in [0, 0.1) is 12.8 Å². The van der Waals surface area contributed by atoms with Gasteiger partial charge in [0.1, 0.15) is 23.9 Å². The molecule has 0 bridgehead atoms. The zero-order chi connectivity index (χ0) is 15.7. The average Bonchev–Trinajstić information content (AvgIpc) is 2.84. The van der Waals surface area contributed by atoms with Crippen molar-refractivity contribution in [2.24, 2.45) is 13.0 Å². The first-order valence-corrected chi connectivity index (χ1v) is 7.05. The number of anilines is 1. The van der Waals surface area contributed by atoms with Crippen LogP contribution < -0.4 is 14.8 Å². The number of methoxy groups -OCH3 is 1. The topological polar surface area (TPSA) is 78.3 Å². The second kappa shape index (κ2) is 5.67. The minimum absolute atomic E-state index is 0.140. The van der Waals surface area contributed by atoms with Crippen LogP contribution in [-0.2, 0) is 18.3 Å². The second-order valence-corrected chi connectivity index (χ2v) is 5.28. The minimum Gasteiger partial charge on any atom is -0.497 e. The molecular formula is C15H18N4O3. The first kappa shape index (κ1) is 14.4. The van der Waals surface area contributed by atoms with Crippen molar-refractivity contribution in [3.63, 3.8) is 0 Å². The van der Waals surface area contributed by atoms with Crippen LogP contribution in [0.5, 0.6) is 11.5 Å². The van der Waals surface area contributed by atoms with Crippen LogP contribution in [0.4, 0.5) is 5.95 Å². The van der Waals surface area contributed by atoms with Gasteiger partial charge in [-0.1, -0.05) is 0 Å². The molecule has 2 heterocycles. The van der Waals surface area contributed by atoms with Crippen molar-refractivity contribution in [2.75, 3.05) is 19.0 Å². The van der Waals surface area contributed by atoms with Gasteiger partial charge in [0.25, 0.3) is 0 Å². The number of benzene rings is 1. The summed E-state index contributed by atoms with van der Waals surface area (Å²) in [6, 6.07) is 5.61. The van der Waals surface area contributed by atoms with Crippen LogP contribution in [0.15, 0.2) is 18.2 Å². The van der Waals surface area contributed by atoms with E-state index in [-0.39, 0.29) is 11.8 Å². The molecule has 0 radical (unpaired) electrons. The third-order valence-corrected chi connectivity index (χ3v) is 3.76. The number of carbonyl (C=O) groups excluding carboxylic acids is 1. The first-order chi connectivity index (χ1) is 10.6. The lowest BCUT2D eigenvalue weighted by atomic mass is 9.96. The molecule has 116 valence electrons. The van der Waals surface area contributed by atoms with Crippen molar-refractivity contribution < 1.29 is 14.3 Å². The summed E-state index contributed by atoms with van der Waals surface area (Å²) in [5.41, 5.74) is 0.968. The van der Waals surface area contributed by atoms with E-state index in [9.17, 15) is 4.79 Å². The molecule has 0 spiro atoms. The molecule has 0 saturated heterocycles. The van der Waals surface area contributed by atoms with E-state index in [4.69, 9.17) is 9.47 Å². The Morgan fingerprint density at radius 2 is 2.32 bits per heavy atom. The Balaban J connectivity index is 1.71. The number of fused-ring (bicyclic) bond motifs is 1. The first-order valence-electron chi connectivity index (χ1n) is 7.05. The number of ether oxygens (including phenoxy) is 2. The fourth-order valence-electron chi connectivity index (χ4n) is 2.39. The maximum Gasteiger partial charge on any atom is 0.248 e. The number of aromatic nitrogens is 3. The van der Waals surface area contributed by atoms with E-state index in [0.717, 1.165) is 22.9 Å². The lowest BCUT2D eigenvalue weighted by Crippen LogP contribution is -2.33. The van der Waals surface area contributed by atoms with Crippen LogP contribution in [0.1, 0.15) is 11.4 Å². The number of nitrogens with one attached hydrogen (secondary N) is 1. The fourth-order valence-corrected chi connectivity index (χ4v) is 2.39. The van der Waals surface area contributed by atoms with Crippen LogP contribution >= 0.6 is 0 Å². The Morgan fingerprint density at radius 3 is 3.00 bits per heavy atom. The number of hydrogen-bond donors (Lipinski definition) is 1. The van der Waals surface area contributed by atoms with E-state index in [1.807, 2.05) is 25.1 Å². The van der Waals surface area contributed by atoms with Gasteiger partial charge >= 0.3 is 0 Å². The molecule has 1 aliphatic rings. The zero-order valence-electron chi connectivity index (χ0n) is 12.8. The molecule has 2 aromatic rings. The molecule has 1 atom stereocenters. The standard InChI is InChI=1S/C15H18N4O3/c1-9-16-15(18-19(9)2)17-14(20)11-6-10-7-12(21-3)4-5-13(10)22-8-11/h4-5,7,11H,6,8H2,1-3H3,(H,17,18,20). The third-order valence-electron chi connectivity index (χ3n) is 3.76. The van der Waals surface area contributed by atoms with Crippen molar-refractivity contribution in [3.05, 3.63) is 29.6 Å². The number of carbonyl (C=O) groups is 1. The highest BCUT2D eigenvalue weighted by molar-refractivity contribution is 5.91. The average molecular weight is 302 g/mol. The van der Waals surface area contributed by atoms with Gasteiger partial charge in [-0.25, -0.2) is 0 Å². The van der Waals surface area contributed by atoms with Gasteiger partial charge in [0.2, 0.25) is 11.9 Å². The number of amides is 1. The van der Waals surface area contributed by atoms with E-state index >= 15 is 0 Å². The highest BCUT2D eigenvalue weighted by Gasteiger charge is 2.27. The molecule has 0 fully saturated rings. The normalized spacial score (nSPS) is 16.6. The largest absolute Gasteiger partial charge is 0.497 e. The van der Waals surface area contributed by atoms with E-state index in [1.165, 1.54) is 0 Å². The molecule has 1 N–H and O–H groups in total. The zero-order valence-corrected chi connectivity index (χ0v) is 12.8. The number of nitrogens with zero attached hydrogens (tertiary/aromatic N) is 3. The molecule has 1 aromatic carbocycles. The van der Waals surface area contributed by atoms with Gasteiger partial charge < -0.3 is 9.47 Å². The highest BCUT2D eigenvalue weighted by Crippen LogP contribution is 2.30. The lowest BCUT2D eigenvalue weighted by molar-refractivity contribution is -0.121. The van der Waals surface area contributed by atoms with Gasteiger partial charge in [0.15, 0.2) is 0 Å². The summed E-state index contributed by atoms with van der Waals surface area (Å²) in [5.74, 6) is 2.21. The van der Waals surface area contributed by atoms with Gasteiger partial charge in [0, 0.05) is 7.05 Å². The Bertz CT molecular complexity index is 691. The van der Waals surface area contributed by atoms with E-state index in [0.29, 0.717) is 19.0 Å². The second-order valence-electron chi connectivity index (χ2n) is 5.28. The molecule has 1 unspecified atom stereocenters. The maximum atomic E-state index is 12.3. The molecule has 7 nitrogen and oxygen atoms in total. The predicted molar refractivity (Wildman–Crippen MR) is 80.1 cm³/mol. The Hall–Kier alpha value is -2.57. The molecule has 0 saturated carbocycles. The van der Waals surface area contributed by atoms with Gasteiger partial charge in [-0.2, -0.15) is 4.98 Å². The number of aryl methyl sites for hydroxylation is 2. The molecule has 1 amide bonds. The SMILES string of the molecule is COc1ccc2c(c1)CC(C(=O)Nc1nc(C)n(C)n1)CO2. The van der Waals surface area contributed by atoms with Gasteiger partial charge in [-0.05, 0) is 37.1 Å². The van der Waals surface area contributed by atoms with E-state index in [2.05, 4.69) is 15.4 Å². The number of rotatable bonds is 3. The smallest absolute Gasteiger partial charge is 0.248 e. The quantitative estimate of drug-likeness (QED) is 0.925. The summed E-state index contributed by atoms with van der Waals surface area (Å²) in [5, 5.41) is 6.87. The maximum absolute atomic E-state index is 12.3. The fraction of sp³-hybridized carbons (Fsp3) is 0.400. The Morgan fingerprint density at radius 1 is 1.50 bits per heavy atom. The summed E-state index contributed by atoms with van der Waals surface area (Å²) in [6.07, 6.45) is 0.601. The summed E-state index contributed by atoms with van der Waals surface area (Å²) in [6.45, 7) is 2.17. The molecule has 0 aliphatic carbocycles. The minimum atomic E-state index is -0.274. The Kier molecular flexibility index (Phi) is 3.70. The monoisotopic (exact) mass is 302 g/mol.